The Labute approximate surface area is 268 Å². The average Bonchev–Trinajstić information content (AvgIpc) is 3.24. The molecule has 0 aromatic carbocycles. The number of hydrogen-bond donors (Lipinski definition) is 6. The van der Waals surface area contributed by atoms with E-state index in [0.717, 1.165) is 19.3 Å². The van der Waals surface area contributed by atoms with E-state index in [4.69, 9.17) is 9.47 Å². The van der Waals surface area contributed by atoms with Crippen LogP contribution < -0.4 is 0 Å². The fourth-order valence-corrected chi connectivity index (χ4v) is 12.7. The van der Waals surface area contributed by atoms with Crippen molar-refractivity contribution in [3.8, 4) is 0 Å². The summed E-state index contributed by atoms with van der Waals surface area (Å²) in [5.41, 5.74) is -0.582. The number of Topliss-reactive ketones (excluding diaryl/α,β-unsaturated/α-hetero) is 1. The van der Waals surface area contributed by atoms with E-state index < -0.39 is 66.5 Å². The summed E-state index contributed by atoms with van der Waals surface area (Å²) in [5, 5.41) is 64.7. The first-order chi connectivity index (χ1) is 20.8. The summed E-state index contributed by atoms with van der Waals surface area (Å²) < 4.78 is 12.0. The van der Waals surface area contributed by atoms with Crippen molar-refractivity contribution in [1.29, 1.82) is 0 Å². The third-order valence-corrected chi connectivity index (χ3v) is 15.1. The Kier molecular flexibility index (Phi) is 8.15. The summed E-state index contributed by atoms with van der Waals surface area (Å²) >= 11 is 0. The zero-order valence-corrected chi connectivity index (χ0v) is 28.4. The SMILES string of the molecule is CC(C)[C@H]1CC(=O)[C@@H]2[C@]1(C)[C@H](O)C[C@]1(C)[C@H]3CC[C@@H]4C(C)(C)[C@H](O[C@@H]5O[C@H](CO)[C@@H](O)[C@H](O)[C@H]5O)[C@H](O)C[C@]4(C)C3=CC[C@@]21C. The molecule has 1 aliphatic heterocycles. The topological polar surface area (TPSA) is 157 Å². The highest BCUT2D eigenvalue weighted by atomic mass is 16.7. The molecule has 0 amide bonds. The molecule has 1 saturated heterocycles. The Morgan fingerprint density at radius 3 is 2.22 bits per heavy atom. The Balaban J connectivity index is 1.32. The molecule has 6 N–H and O–H groups in total. The fourth-order valence-electron chi connectivity index (χ4n) is 12.7. The number of ketones is 1. The van der Waals surface area contributed by atoms with Gasteiger partial charge in [0.15, 0.2) is 6.29 Å². The van der Waals surface area contributed by atoms with Crippen LogP contribution >= 0.6 is 0 Å². The van der Waals surface area contributed by atoms with E-state index in [0.29, 0.717) is 31.0 Å². The van der Waals surface area contributed by atoms with Crippen molar-refractivity contribution in [3.05, 3.63) is 11.6 Å². The second-order valence-corrected chi connectivity index (χ2v) is 17.7. The molecule has 5 aliphatic carbocycles. The van der Waals surface area contributed by atoms with E-state index in [1.54, 1.807) is 0 Å². The second-order valence-electron chi connectivity index (χ2n) is 17.7. The molecule has 0 aromatic heterocycles. The summed E-state index contributed by atoms with van der Waals surface area (Å²) in [5.74, 6) is 0.895. The minimum Gasteiger partial charge on any atom is -0.394 e. The van der Waals surface area contributed by atoms with Crippen LogP contribution in [0.3, 0.4) is 0 Å². The Morgan fingerprint density at radius 1 is 0.933 bits per heavy atom. The van der Waals surface area contributed by atoms with Crippen molar-refractivity contribution in [3.63, 3.8) is 0 Å². The average molecular weight is 635 g/mol. The maximum atomic E-state index is 13.9. The minimum absolute atomic E-state index is 0.121. The highest BCUT2D eigenvalue weighted by Crippen LogP contribution is 2.75. The molecule has 0 bridgehead atoms. The minimum atomic E-state index is -1.55. The first-order valence-corrected chi connectivity index (χ1v) is 17.4. The lowest BCUT2D eigenvalue weighted by Crippen LogP contribution is -2.67. The van der Waals surface area contributed by atoms with Gasteiger partial charge in [-0.3, -0.25) is 4.79 Å². The van der Waals surface area contributed by atoms with E-state index in [-0.39, 0.29) is 39.9 Å². The summed E-state index contributed by atoms with van der Waals surface area (Å²) in [6.45, 7) is 17.1. The fraction of sp³-hybridized carbons (Fsp3) is 0.917. The highest BCUT2D eigenvalue weighted by molar-refractivity contribution is 5.86. The molecular formula is C36H58O9. The van der Waals surface area contributed by atoms with Crippen LogP contribution in [-0.4, -0.2) is 92.0 Å². The maximum Gasteiger partial charge on any atom is 0.187 e. The Bertz CT molecular complexity index is 1210. The van der Waals surface area contributed by atoms with Crippen molar-refractivity contribution in [2.75, 3.05) is 6.61 Å². The number of aliphatic hydroxyl groups excluding tert-OH is 6. The summed E-state index contributed by atoms with van der Waals surface area (Å²) in [7, 11) is 0. The molecular weight excluding hydrogens is 576 g/mol. The molecule has 9 nitrogen and oxygen atoms in total. The molecule has 0 spiro atoms. The van der Waals surface area contributed by atoms with Crippen LogP contribution in [0.15, 0.2) is 11.6 Å². The van der Waals surface area contributed by atoms with Crippen molar-refractivity contribution in [1.82, 2.24) is 0 Å². The van der Waals surface area contributed by atoms with E-state index in [2.05, 4.69) is 61.5 Å². The van der Waals surface area contributed by atoms with Gasteiger partial charge in [-0.05, 0) is 77.4 Å². The quantitative estimate of drug-likeness (QED) is 0.202. The van der Waals surface area contributed by atoms with Gasteiger partial charge >= 0.3 is 0 Å². The van der Waals surface area contributed by atoms with Crippen LogP contribution in [0.2, 0.25) is 0 Å². The van der Waals surface area contributed by atoms with E-state index >= 15 is 0 Å². The summed E-state index contributed by atoms with van der Waals surface area (Å²) in [6.07, 6.45) is -2.58. The lowest BCUT2D eigenvalue weighted by molar-refractivity contribution is -0.336. The molecule has 4 saturated carbocycles. The zero-order valence-electron chi connectivity index (χ0n) is 28.4. The van der Waals surface area contributed by atoms with E-state index in [1.165, 1.54) is 5.57 Å². The van der Waals surface area contributed by atoms with Crippen LogP contribution in [-0.2, 0) is 14.3 Å². The largest absolute Gasteiger partial charge is 0.394 e. The lowest BCUT2D eigenvalue weighted by Gasteiger charge is -2.70. The second kappa shape index (κ2) is 10.8. The molecule has 16 atom stereocenters. The molecule has 256 valence electrons. The van der Waals surface area contributed by atoms with Gasteiger partial charge in [0, 0.05) is 17.8 Å². The maximum absolute atomic E-state index is 13.9. The number of hydrogen-bond acceptors (Lipinski definition) is 9. The van der Waals surface area contributed by atoms with Gasteiger partial charge < -0.3 is 40.1 Å². The zero-order chi connectivity index (χ0) is 33.2. The number of ether oxygens (including phenoxy) is 2. The smallest absolute Gasteiger partial charge is 0.187 e. The highest BCUT2D eigenvalue weighted by Gasteiger charge is 2.73. The number of rotatable bonds is 4. The van der Waals surface area contributed by atoms with Crippen molar-refractivity contribution < 1.29 is 44.9 Å². The molecule has 0 radical (unpaired) electrons. The van der Waals surface area contributed by atoms with Gasteiger partial charge in [0.1, 0.15) is 30.2 Å². The van der Waals surface area contributed by atoms with Crippen LogP contribution in [0.4, 0.5) is 0 Å². The first kappa shape index (κ1) is 34.0. The number of allylic oxidation sites excluding steroid dienone is 2. The molecule has 6 aliphatic rings. The normalized spacial score (nSPS) is 55.8. The molecule has 9 heteroatoms. The Morgan fingerprint density at radius 2 is 1.60 bits per heavy atom. The van der Waals surface area contributed by atoms with Gasteiger partial charge in [-0.15, -0.1) is 0 Å². The van der Waals surface area contributed by atoms with Crippen molar-refractivity contribution in [2.45, 2.75) is 143 Å². The summed E-state index contributed by atoms with van der Waals surface area (Å²) in [6, 6.07) is 0. The number of carbonyl (C=O) groups excluding carboxylic acids is 1. The predicted octanol–water partition coefficient (Wildman–Crippen LogP) is 2.97. The molecule has 45 heavy (non-hydrogen) atoms. The van der Waals surface area contributed by atoms with Gasteiger partial charge in [0.2, 0.25) is 0 Å². The van der Waals surface area contributed by atoms with Crippen molar-refractivity contribution in [2.24, 2.45) is 56.7 Å². The van der Waals surface area contributed by atoms with Crippen molar-refractivity contribution >= 4 is 5.78 Å². The van der Waals surface area contributed by atoms with Crippen LogP contribution in [0.25, 0.3) is 0 Å². The van der Waals surface area contributed by atoms with Crippen LogP contribution in [0, 0.1) is 56.7 Å². The molecule has 5 fully saturated rings. The van der Waals surface area contributed by atoms with E-state index in [1.807, 2.05) is 0 Å². The van der Waals surface area contributed by atoms with Gasteiger partial charge in [-0.2, -0.15) is 0 Å². The third kappa shape index (κ3) is 4.37. The van der Waals surface area contributed by atoms with Gasteiger partial charge in [-0.25, -0.2) is 0 Å². The van der Waals surface area contributed by atoms with Gasteiger partial charge in [-0.1, -0.05) is 67.0 Å². The molecule has 6 rings (SSSR count). The number of aliphatic hydroxyl groups is 6. The van der Waals surface area contributed by atoms with Gasteiger partial charge in [0.05, 0.1) is 24.9 Å². The molecule has 0 unspecified atom stereocenters. The molecule has 0 aromatic rings. The summed E-state index contributed by atoms with van der Waals surface area (Å²) in [4.78, 5) is 13.9. The number of fused-ring (bicyclic) bond motifs is 7. The lowest BCUT2D eigenvalue weighted by atomic mass is 9.35. The van der Waals surface area contributed by atoms with Gasteiger partial charge in [0.25, 0.3) is 0 Å². The predicted molar refractivity (Wildman–Crippen MR) is 166 cm³/mol. The number of carbonyl (C=O) groups is 1. The Hall–Kier alpha value is -0.910. The first-order valence-electron chi connectivity index (χ1n) is 17.4. The standard InChI is InChI=1S/C36H58O9/c1-17(2)20-13-21(38)29-34(6)12-11-18-19(35(34,7)15-25(40)36(20,29)8)9-10-24-32(3,4)30(22(39)14-33(18,24)5)45-31-28(43)27(42)26(41)23(16-37)44-31/h11,17,19-20,22-31,37,39-43H,9-10,12-16H2,1-8H3/t19-,20+,22+,23+,24+,25+,26+,27-,28+,29-,30+,31-,33+,34-,35+,36-/m0/s1. The monoisotopic (exact) mass is 634 g/mol. The van der Waals surface area contributed by atoms with Crippen LogP contribution in [0.1, 0.15) is 93.9 Å². The molecule has 1 heterocycles. The van der Waals surface area contributed by atoms with E-state index in [9.17, 15) is 35.4 Å². The third-order valence-electron chi connectivity index (χ3n) is 15.1. The van der Waals surface area contributed by atoms with Crippen LogP contribution in [0.5, 0.6) is 0 Å².